The van der Waals surface area contributed by atoms with Crippen LogP contribution in [0.3, 0.4) is 0 Å². The Kier molecular flexibility index (Phi) is 8.84. The molecule has 0 amide bonds. The number of phenolic OH excluding ortho intramolecular Hbond substituents is 1. The average Bonchev–Trinajstić information content (AvgIpc) is 2.86. The molecule has 40 heavy (non-hydrogen) atoms. The van der Waals surface area contributed by atoms with E-state index in [1.807, 2.05) is 32.0 Å². The van der Waals surface area contributed by atoms with Gasteiger partial charge in [0, 0.05) is 23.7 Å². The average molecular weight is 589 g/mol. The predicted octanol–water partition coefficient (Wildman–Crippen LogP) is 4.63. The molecule has 0 saturated heterocycles. The van der Waals surface area contributed by atoms with E-state index in [2.05, 4.69) is 15.5 Å². The van der Waals surface area contributed by atoms with Crippen molar-refractivity contribution in [2.75, 3.05) is 29.1 Å². The molecule has 0 spiro atoms. The van der Waals surface area contributed by atoms with E-state index < -0.39 is 25.1 Å². The van der Waals surface area contributed by atoms with E-state index in [9.17, 15) is 21.9 Å². The molecular formula is C25H28N6O7S2. The third-order valence-electron chi connectivity index (χ3n) is 5.57. The lowest BCUT2D eigenvalue weighted by Crippen LogP contribution is -2.02. The Morgan fingerprint density at radius 2 is 1.50 bits per heavy atom. The second-order valence-electron chi connectivity index (χ2n) is 8.51. The van der Waals surface area contributed by atoms with Crippen LogP contribution in [0, 0.1) is 6.92 Å². The molecule has 4 rings (SSSR count). The molecule has 0 heterocycles. The molecule has 0 radical (unpaired) electrons. The largest absolute Gasteiger partial charge is 0.507 e. The van der Waals surface area contributed by atoms with E-state index in [0.29, 0.717) is 11.1 Å². The summed E-state index contributed by atoms with van der Waals surface area (Å²) in [5.41, 5.74) is 20.1. The van der Waals surface area contributed by atoms with Crippen LogP contribution in [0.2, 0.25) is 0 Å². The second-order valence-corrected chi connectivity index (χ2v) is 11.3. The van der Waals surface area contributed by atoms with E-state index in [1.54, 1.807) is 0 Å². The van der Waals surface area contributed by atoms with Crippen molar-refractivity contribution in [3.8, 4) is 5.75 Å². The minimum absolute atomic E-state index is 0.0439. The third kappa shape index (κ3) is 7.15. The molecule has 0 unspecified atom stereocenters. The highest BCUT2D eigenvalue weighted by Gasteiger charge is 2.16. The van der Waals surface area contributed by atoms with Crippen molar-refractivity contribution < 1.29 is 31.0 Å². The van der Waals surface area contributed by atoms with Crippen LogP contribution in [0.25, 0.3) is 10.8 Å². The topological polar surface area (TPSA) is 244 Å². The van der Waals surface area contributed by atoms with Gasteiger partial charge in [0.2, 0.25) is 0 Å². The Morgan fingerprint density at radius 1 is 0.825 bits per heavy atom. The number of anilines is 4. The number of nitrogen functional groups attached to an aromatic ring is 3. The van der Waals surface area contributed by atoms with Crippen molar-refractivity contribution in [2.24, 2.45) is 10.2 Å². The van der Waals surface area contributed by atoms with Crippen molar-refractivity contribution >= 4 is 65.1 Å². The smallest absolute Gasteiger partial charge is 0.296 e. The number of nitrogens with zero attached hydrogens (tertiary/aromatic N) is 2. The van der Waals surface area contributed by atoms with E-state index in [0.717, 1.165) is 23.9 Å². The molecule has 0 bridgehead atoms. The molecule has 0 aliphatic carbocycles. The summed E-state index contributed by atoms with van der Waals surface area (Å²) in [7, 11) is -8.77. The Bertz CT molecular complexity index is 1830. The molecule has 0 aromatic heterocycles. The lowest BCUT2D eigenvalue weighted by atomic mass is 10.1. The number of benzene rings is 4. The first-order valence-electron chi connectivity index (χ1n) is 11.5. The number of aryl methyl sites for hydroxylation is 1. The normalized spacial score (nSPS) is 11.8. The van der Waals surface area contributed by atoms with Crippen molar-refractivity contribution in [2.45, 2.75) is 23.6 Å². The Hall–Kier alpha value is -4.44. The summed E-state index contributed by atoms with van der Waals surface area (Å²) in [5, 5.41) is 21.7. The van der Waals surface area contributed by atoms with Gasteiger partial charge < -0.3 is 27.6 Å². The summed E-state index contributed by atoms with van der Waals surface area (Å²) in [5.74, 6) is -0.347. The number of aromatic hydroxyl groups is 1. The van der Waals surface area contributed by atoms with Gasteiger partial charge in [-0.3, -0.25) is 9.11 Å². The van der Waals surface area contributed by atoms with Crippen LogP contribution >= 0.6 is 0 Å². The maximum atomic E-state index is 11.2. The number of nitrogens with one attached hydrogen (secondary N) is 1. The van der Waals surface area contributed by atoms with E-state index >= 15 is 0 Å². The van der Waals surface area contributed by atoms with Crippen molar-refractivity contribution in [1.29, 1.82) is 0 Å². The molecule has 10 N–H and O–H groups in total. The molecule has 4 aromatic carbocycles. The number of fused-ring (bicyclic) bond motifs is 1. The molecular weight excluding hydrogens is 560 g/mol. The Morgan fingerprint density at radius 3 is 2.10 bits per heavy atom. The Labute approximate surface area is 230 Å². The first-order chi connectivity index (χ1) is 18.6. The number of phenols is 1. The van der Waals surface area contributed by atoms with Crippen LogP contribution in [0.4, 0.5) is 34.1 Å². The number of azo groups is 1. The van der Waals surface area contributed by atoms with Gasteiger partial charge in [-0.1, -0.05) is 6.07 Å². The van der Waals surface area contributed by atoms with Gasteiger partial charge in [-0.2, -0.15) is 27.1 Å². The third-order valence-corrected chi connectivity index (χ3v) is 7.31. The molecule has 13 nitrogen and oxygen atoms in total. The SMILES string of the molecule is CCNc1ccc(N=Nc2ccc(N)c(S(=O)(=O)O)c2)c(C)c1.Nc1ccc2cc(S(=O)(=O)O)cc(O)c2c1N. The van der Waals surface area contributed by atoms with Gasteiger partial charge >= 0.3 is 0 Å². The summed E-state index contributed by atoms with van der Waals surface area (Å²) in [4.78, 5) is -0.778. The zero-order valence-corrected chi connectivity index (χ0v) is 23.0. The second kappa shape index (κ2) is 11.7. The fourth-order valence-corrected chi connectivity index (χ4v) is 4.78. The van der Waals surface area contributed by atoms with Gasteiger partial charge in [-0.05, 0) is 73.3 Å². The fourth-order valence-electron chi connectivity index (χ4n) is 3.61. The van der Waals surface area contributed by atoms with Crippen LogP contribution < -0.4 is 22.5 Å². The predicted molar refractivity (Wildman–Crippen MR) is 154 cm³/mol. The van der Waals surface area contributed by atoms with Gasteiger partial charge in [-0.15, -0.1) is 0 Å². The van der Waals surface area contributed by atoms with Crippen molar-refractivity contribution in [3.05, 3.63) is 66.2 Å². The highest BCUT2D eigenvalue weighted by Crippen LogP contribution is 2.35. The molecule has 0 aliphatic rings. The molecule has 15 heteroatoms. The van der Waals surface area contributed by atoms with Gasteiger partial charge in [0.15, 0.2) is 0 Å². The highest BCUT2D eigenvalue weighted by molar-refractivity contribution is 7.86. The van der Waals surface area contributed by atoms with Gasteiger partial charge in [-0.25, -0.2) is 0 Å². The summed E-state index contributed by atoms with van der Waals surface area (Å²) in [6.45, 7) is 4.74. The monoisotopic (exact) mass is 588 g/mol. The number of rotatable bonds is 6. The summed E-state index contributed by atoms with van der Waals surface area (Å²) >= 11 is 0. The van der Waals surface area contributed by atoms with Gasteiger partial charge in [0.05, 0.1) is 33.3 Å². The molecule has 4 aromatic rings. The fraction of sp³-hybridized carbons (Fsp3) is 0.120. The summed E-state index contributed by atoms with van der Waals surface area (Å²) in [6, 6.07) is 14.8. The highest BCUT2D eigenvalue weighted by atomic mass is 32.2. The molecule has 212 valence electrons. The van der Waals surface area contributed by atoms with Crippen LogP contribution in [-0.2, 0) is 20.2 Å². The molecule has 0 aliphatic heterocycles. The molecule has 0 saturated carbocycles. The minimum atomic E-state index is -4.39. The van der Waals surface area contributed by atoms with Crippen LogP contribution in [0.1, 0.15) is 12.5 Å². The van der Waals surface area contributed by atoms with Crippen LogP contribution in [0.5, 0.6) is 5.75 Å². The quantitative estimate of drug-likeness (QED) is 0.0929. The lowest BCUT2D eigenvalue weighted by molar-refractivity contribution is 0.471. The first kappa shape index (κ1) is 30.1. The van der Waals surface area contributed by atoms with Crippen molar-refractivity contribution in [1.82, 2.24) is 0 Å². The first-order valence-corrected chi connectivity index (χ1v) is 14.4. The molecule has 0 fully saturated rings. The summed E-state index contributed by atoms with van der Waals surface area (Å²) in [6.07, 6.45) is 0. The minimum Gasteiger partial charge on any atom is -0.507 e. The van der Waals surface area contributed by atoms with Crippen LogP contribution in [0.15, 0.2) is 80.7 Å². The number of hydrogen-bond donors (Lipinski definition) is 7. The van der Waals surface area contributed by atoms with E-state index in [-0.39, 0.29) is 38.8 Å². The maximum Gasteiger partial charge on any atom is 0.296 e. The zero-order valence-electron chi connectivity index (χ0n) is 21.4. The standard InChI is InChI=1S/C15H18N4O3S.C10H10N2O4S/c1-3-17-11-5-7-14(10(2)8-11)19-18-12-4-6-13(16)15(9-12)23(20,21)22;11-7-2-1-5-3-6(17(14,15)16)4-8(13)9(5)10(7)12/h4-9,17H,3,16H2,1-2H3,(H,20,21,22);1-4,13H,11-12H2,(H,14,15,16). The van der Waals surface area contributed by atoms with Crippen molar-refractivity contribution in [3.63, 3.8) is 0 Å². The van der Waals surface area contributed by atoms with Crippen LogP contribution in [-0.4, -0.2) is 37.6 Å². The maximum absolute atomic E-state index is 11.2. The Balaban J connectivity index is 0.000000230. The van der Waals surface area contributed by atoms with E-state index in [4.69, 9.17) is 26.3 Å². The van der Waals surface area contributed by atoms with E-state index in [1.165, 1.54) is 36.4 Å². The van der Waals surface area contributed by atoms with Gasteiger partial charge in [0.25, 0.3) is 20.2 Å². The summed E-state index contributed by atoms with van der Waals surface area (Å²) < 4.78 is 62.4. The lowest BCUT2D eigenvalue weighted by Gasteiger charge is -2.08. The molecule has 0 atom stereocenters. The van der Waals surface area contributed by atoms with Gasteiger partial charge in [0.1, 0.15) is 10.6 Å². The number of nitrogens with two attached hydrogens (primary N) is 3. The zero-order chi connectivity index (χ0) is 29.8. The number of hydrogen-bond acceptors (Lipinski definition) is 11.